The van der Waals surface area contributed by atoms with Gasteiger partial charge in [-0.1, -0.05) is 17.3 Å². The number of amides is 1. The van der Waals surface area contributed by atoms with Crippen LogP contribution in [0.25, 0.3) is 5.82 Å². The number of nitrogens with one attached hydrogen (secondary N) is 1. The van der Waals surface area contributed by atoms with E-state index in [0.717, 1.165) is 0 Å². The molecular formula is C15H16N8O4. The van der Waals surface area contributed by atoms with Crippen LogP contribution in [0.2, 0.25) is 0 Å². The first-order valence-electron chi connectivity index (χ1n) is 7.67. The number of rotatable bonds is 6. The second-order valence-electron chi connectivity index (χ2n) is 5.36. The zero-order chi connectivity index (χ0) is 19.4. The van der Waals surface area contributed by atoms with E-state index in [0.29, 0.717) is 11.3 Å². The highest BCUT2D eigenvalue weighted by Gasteiger charge is 2.23. The van der Waals surface area contributed by atoms with Gasteiger partial charge in [-0.3, -0.25) is 4.79 Å². The fourth-order valence-electron chi connectivity index (χ4n) is 2.28. The van der Waals surface area contributed by atoms with Gasteiger partial charge in [0.25, 0.3) is 5.91 Å². The maximum Gasteiger partial charge on any atom is 0.293 e. The molecule has 0 saturated carbocycles. The fraction of sp³-hybridized carbons (Fsp3) is 0.200. The monoisotopic (exact) mass is 372 g/mol. The molecule has 0 bridgehead atoms. The highest BCUT2D eigenvalue weighted by molar-refractivity contribution is 6.02. The normalized spacial score (nSPS) is 11.6. The molecule has 2 heterocycles. The van der Waals surface area contributed by atoms with Crippen LogP contribution in [0.3, 0.4) is 0 Å². The lowest BCUT2D eigenvalue weighted by Crippen LogP contribution is -2.22. The molecule has 4 N–H and O–H groups in total. The summed E-state index contributed by atoms with van der Waals surface area (Å²) in [6.07, 6.45) is 0. The number of nitrogens with two attached hydrogens (primary N) is 1. The Bertz CT molecular complexity index is 993. The Balaban J connectivity index is 1.87. The van der Waals surface area contributed by atoms with E-state index in [4.69, 9.17) is 10.5 Å². The molecule has 12 heteroatoms. The van der Waals surface area contributed by atoms with Crippen LogP contribution < -0.4 is 11.2 Å². The lowest BCUT2D eigenvalue weighted by molar-refractivity contribution is 0.0944. The smallest absolute Gasteiger partial charge is 0.293 e. The number of benzene rings is 1. The number of nitrogen functional groups attached to an aromatic ring is 1. The Kier molecular flexibility index (Phi) is 5.08. The average molecular weight is 372 g/mol. The summed E-state index contributed by atoms with van der Waals surface area (Å²) in [5.74, 6) is -0.508. The van der Waals surface area contributed by atoms with Gasteiger partial charge in [0.2, 0.25) is 11.6 Å². The van der Waals surface area contributed by atoms with E-state index < -0.39 is 5.91 Å². The Morgan fingerprint density at radius 2 is 2.19 bits per heavy atom. The van der Waals surface area contributed by atoms with Crippen molar-refractivity contribution < 1.29 is 19.3 Å². The number of para-hydroxylation sites is 1. The average Bonchev–Trinajstić information content (AvgIpc) is 3.26. The number of phenols is 1. The Morgan fingerprint density at radius 3 is 2.85 bits per heavy atom. The van der Waals surface area contributed by atoms with Gasteiger partial charge in [0, 0.05) is 12.7 Å². The number of aromatic nitrogens is 5. The number of aromatic hydroxyl groups is 1. The lowest BCUT2D eigenvalue weighted by Gasteiger charge is -2.05. The van der Waals surface area contributed by atoms with Gasteiger partial charge in [-0.2, -0.15) is 9.78 Å². The van der Waals surface area contributed by atoms with E-state index in [1.165, 1.54) is 17.9 Å². The van der Waals surface area contributed by atoms with Gasteiger partial charge in [-0.05, 0) is 29.4 Å². The molecule has 0 fully saturated rings. The molecule has 0 unspecified atom stereocenters. The standard InChI is InChI=1S/C15H16N8O4/c1-8(9-5-3-4-6-11(9)24)17-19-15(25)12-10(7-26-2)23(22-18-12)14-13(16)20-27-21-14/h3-6,24H,7H2,1-2H3,(H2,16,20)(H,19,25). The molecule has 0 atom stereocenters. The van der Waals surface area contributed by atoms with Crippen LogP contribution in [0.15, 0.2) is 34.0 Å². The third-order valence-electron chi connectivity index (χ3n) is 3.57. The summed E-state index contributed by atoms with van der Waals surface area (Å²) in [4.78, 5) is 12.5. The van der Waals surface area contributed by atoms with Crippen molar-refractivity contribution >= 4 is 17.4 Å². The second kappa shape index (κ2) is 7.61. The summed E-state index contributed by atoms with van der Waals surface area (Å²) < 4.78 is 10.8. The van der Waals surface area contributed by atoms with Crippen molar-refractivity contribution in [2.24, 2.45) is 5.10 Å². The van der Waals surface area contributed by atoms with E-state index in [-0.39, 0.29) is 35.4 Å². The second-order valence-corrected chi connectivity index (χ2v) is 5.36. The molecular weight excluding hydrogens is 356 g/mol. The first-order valence-corrected chi connectivity index (χ1v) is 7.67. The number of hydrogen-bond donors (Lipinski definition) is 3. The van der Waals surface area contributed by atoms with Gasteiger partial charge in [0.15, 0.2) is 5.69 Å². The van der Waals surface area contributed by atoms with Crippen LogP contribution in [0.1, 0.15) is 28.7 Å². The molecule has 12 nitrogen and oxygen atoms in total. The quantitative estimate of drug-likeness (QED) is 0.405. The van der Waals surface area contributed by atoms with E-state index in [1.54, 1.807) is 25.1 Å². The molecule has 0 aliphatic heterocycles. The van der Waals surface area contributed by atoms with E-state index >= 15 is 0 Å². The van der Waals surface area contributed by atoms with Crippen molar-refractivity contribution in [1.29, 1.82) is 0 Å². The number of hydrogen-bond acceptors (Lipinski definition) is 10. The summed E-state index contributed by atoms with van der Waals surface area (Å²) in [6, 6.07) is 6.63. The molecule has 0 aliphatic rings. The number of nitrogens with zero attached hydrogens (tertiary/aromatic N) is 6. The van der Waals surface area contributed by atoms with Crippen molar-refractivity contribution in [3.05, 3.63) is 41.2 Å². The number of carbonyl (C=O) groups excluding carboxylic acids is 1. The predicted octanol–water partition coefficient (Wildman–Crippen LogP) is 0.239. The van der Waals surface area contributed by atoms with Crippen LogP contribution in [0, 0.1) is 0 Å². The minimum atomic E-state index is -0.627. The zero-order valence-corrected chi connectivity index (χ0v) is 14.4. The summed E-state index contributed by atoms with van der Waals surface area (Å²) in [5, 5.41) is 28.6. The fourth-order valence-corrected chi connectivity index (χ4v) is 2.28. The molecule has 0 saturated heterocycles. The van der Waals surface area contributed by atoms with Crippen molar-refractivity contribution in [3.63, 3.8) is 0 Å². The summed E-state index contributed by atoms with van der Waals surface area (Å²) in [6.45, 7) is 1.65. The number of phenolic OH excluding ortho intramolecular Hbond substituents is 1. The van der Waals surface area contributed by atoms with Crippen LogP contribution in [-0.2, 0) is 11.3 Å². The number of anilines is 1. The van der Waals surface area contributed by atoms with Gasteiger partial charge in [-0.25, -0.2) is 10.1 Å². The predicted molar refractivity (Wildman–Crippen MR) is 92.1 cm³/mol. The van der Waals surface area contributed by atoms with Gasteiger partial charge in [0.1, 0.15) is 11.4 Å². The van der Waals surface area contributed by atoms with Gasteiger partial charge >= 0.3 is 0 Å². The molecule has 3 rings (SSSR count). The summed E-state index contributed by atoms with van der Waals surface area (Å²) >= 11 is 0. The minimum absolute atomic E-state index is 0.00419. The molecule has 3 aromatic rings. The van der Waals surface area contributed by atoms with Crippen molar-refractivity contribution in [3.8, 4) is 11.6 Å². The molecule has 1 amide bonds. The Labute approximate surface area is 152 Å². The summed E-state index contributed by atoms with van der Waals surface area (Å²) in [7, 11) is 1.45. The SMILES string of the molecule is COCc1c(C(=O)NN=C(C)c2ccccc2O)nnn1-c1nonc1N. The largest absolute Gasteiger partial charge is 0.507 e. The topological polar surface area (TPSA) is 167 Å². The van der Waals surface area contributed by atoms with Crippen molar-refractivity contribution in [1.82, 2.24) is 30.7 Å². The van der Waals surface area contributed by atoms with E-state index in [1.807, 2.05) is 0 Å². The summed E-state index contributed by atoms with van der Waals surface area (Å²) in [5.41, 5.74) is 9.18. The van der Waals surface area contributed by atoms with Crippen molar-refractivity contribution in [2.75, 3.05) is 12.8 Å². The number of carbonyl (C=O) groups is 1. The molecule has 0 spiro atoms. The van der Waals surface area contributed by atoms with Gasteiger partial charge < -0.3 is 15.6 Å². The third-order valence-corrected chi connectivity index (χ3v) is 3.57. The first-order chi connectivity index (χ1) is 13.0. The third kappa shape index (κ3) is 3.59. The van der Waals surface area contributed by atoms with E-state index in [2.05, 4.69) is 35.8 Å². The van der Waals surface area contributed by atoms with Crippen LogP contribution in [-0.4, -0.2) is 49.1 Å². The molecule has 0 radical (unpaired) electrons. The number of methoxy groups -OCH3 is 1. The lowest BCUT2D eigenvalue weighted by atomic mass is 10.1. The first kappa shape index (κ1) is 18.0. The Hall–Kier alpha value is -3.80. The molecule has 0 aliphatic carbocycles. The zero-order valence-electron chi connectivity index (χ0n) is 14.4. The van der Waals surface area contributed by atoms with Crippen molar-refractivity contribution in [2.45, 2.75) is 13.5 Å². The maximum absolute atomic E-state index is 12.5. The number of ether oxygens (including phenoxy) is 1. The molecule has 27 heavy (non-hydrogen) atoms. The van der Waals surface area contributed by atoms with Crippen LogP contribution >= 0.6 is 0 Å². The maximum atomic E-state index is 12.5. The minimum Gasteiger partial charge on any atom is -0.507 e. The van der Waals surface area contributed by atoms with Gasteiger partial charge in [0.05, 0.1) is 12.3 Å². The van der Waals surface area contributed by atoms with Gasteiger partial charge in [-0.15, -0.1) is 5.10 Å². The van der Waals surface area contributed by atoms with Crippen LogP contribution in [0.5, 0.6) is 5.75 Å². The van der Waals surface area contributed by atoms with E-state index in [9.17, 15) is 9.90 Å². The number of hydrazone groups is 1. The Morgan fingerprint density at radius 1 is 1.41 bits per heavy atom. The molecule has 1 aromatic carbocycles. The molecule has 2 aromatic heterocycles. The molecule has 140 valence electrons. The van der Waals surface area contributed by atoms with Crippen LogP contribution in [0.4, 0.5) is 5.82 Å². The highest BCUT2D eigenvalue weighted by Crippen LogP contribution is 2.17. The highest BCUT2D eigenvalue weighted by atomic mass is 16.6.